The number of hydrogen-bond acceptors (Lipinski definition) is 4. The molecule has 2 amide bonds. The van der Waals surface area contributed by atoms with Gasteiger partial charge in [0.15, 0.2) is 0 Å². The van der Waals surface area contributed by atoms with Gasteiger partial charge in [0.25, 0.3) is 5.91 Å². The van der Waals surface area contributed by atoms with Gasteiger partial charge in [0.2, 0.25) is 5.91 Å². The van der Waals surface area contributed by atoms with Crippen molar-refractivity contribution >= 4 is 11.8 Å². The molecule has 1 aromatic heterocycles. The van der Waals surface area contributed by atoms with Crippen LogP contribution in [0.15, 0.2) is 30.5 Å². The van der Waals surface area contributed by atoms with E-state index in [-0.39, 0.29) is 11.8 Å². The van der Waals surface area contributed by atoms with Gasteiger partial charge in [0, 0.05) is 25.8 Å². The number of carbonyl (C=O) groups is 2. The molecular formula is C25H34N4O3. The normalized spacial score (nSPS) is 22.3. The molecule has 2 aliphatic rings. The van der Waals surface area contributed by atoms with Crippen LogP contribution in [0.3, 0.4) is 0 Å². The van der Waals surface area contributed by atoms with E-state index in [0.717, 1.165) is 56.5 Å². The van der Waals surface area contributed by atoms with Gasteiger partial charge in [-0.1, -0.05) is 24.6 Å². The third-order valence-electron chi connectivity index (χ3n) is 6.82. The summed E-state index contributed by atoms with van der Waals surface area (Å²) in [5.74, 6) is 0.945. The van der Waals surface area contributed by atoms with E-state index < -0.39 is 5.41 Å². The van der Waals surface area contributed by atoms with Gasteiger partial charge >= 0.3 is 0 Å². The molecule has 1 spiro atoms. The van der Waals surface area contributed by atoms with Gasteiger partial charge in [-0.15, -0.1) is 0 Å². The van der Waals surface area contributed by atoms with E-state index in [1.807, 2.05) is 43.1 Å². The maximum Gasteiger partial charge on any atom is 0.257 e. The molecule has 4 rings (SSSR count). The first kappa shape index (κ1) is 22.4. The van der Waals surface area contributed by atoms with Gasteiger partial charge in [0.05, 0.1) is 23.2 Å². The number of amides is 2. The molecule has 2 aliphatic heterocycles. The molecule has 1 fully saturated rings. The van der Waals surface area contributed by atoms with E-state index in [0.29, 0.717) is 31.8 Å². The number of nitrogens with one attached hydrogen (secondary N) is 1. The molecule has 0 saturated carbocycles. The highest BCUT2D eigenvalue weighted by Crippen LogP contribution is 2.37. The Balaban J connectivity index is 1.50. The SMILES string of the molecule is CCn1cc(C(=O)N2CCCC3(CCCCc4ccccc4OCCNC3=O)C2)c(C)n1. The van der Waals surface area contributed by atoms with Gasteiger partial charge in [-0.3, -0.25) is 14.3 Å². The quantitative estimate of drug-likeness (QED) is 0.780. The average molecular weight is 439 g/mol. The Bertz CT molecular complexity index is 970. The van der Waals surface area contributed by atoms with Gasteiger partial charge in [-0.2, -0.15) is 5.10 Å². The lowest BCUT2D eigenvalue weighted by atomic mass is 9.74. The third kappa shape index (κ3) is 4.66. The molecule has 0 aliphatic carbocycles. The van der Waals surface area contributed by atoms with Crippen molar-refractivity contribution in [3.8, 4) is 5.75 Å². The summed E-state index contributed by atoms with van der Waals surface area (Å²) < 4.78 is 7.73. The second-order valence-corrected chi connectivity index (χ2v) is 9.01. The zero-order chi connectivity index (χ0) is 22.6. The molecular weight excluding hydrogens is 404 g/mol. The second-order valence-electron chi connectivity index (χ2n) is 9.01. The first-order valence-corrected chi connectivity index (χ1v) is 11.8. The minimum atomic E-state index is -0.540. The number of piperidine rings is 1. The number of benzene rings is 1. The highest BCUT2D eigenvalue weighted by molar-refractivity contribution is 5.95. The van der Waals surface area contributed by atoms with Crippen molar-refractivity contribution in [2.75, 3.05) is 26.2 Å². The summed E-state index contributed by atoms with van der Waals surface area (Å²) in [6, 6.07) is 8.15. The van der Waals surface area contributed by atoms with Crippen LogP contribution >= 0.6 is 0 Å². The van der Waals surface area contributed by atoms with E-state index in [2.05, 4.69) is 16.5 Å². The molecule has 7 nitrogen and oxygen atoms in total. The number of likely N-dealkylation sites (tertiary alicyclic amines) is 1. The molecule has 2 aromatic rings. The van der Waals surface area contributed by atoms with Crippen LogP contribution in [0.4, 0.5) is 0 Å². The van der Waals surface area contributed by atoms with E-state index in [9.17, 15) is 9.59 Å². The van der Waals surface area contributed by atoms with Crippen LogP contribution < -0.4 is 10.1 Å². The molecule has 0 radical (unpaired) electrons. The summed E-state index contributed by atoms with van der Waals surface area (Å²) >= 11 is 0. The summed E-state index contributed by atoms with van der Waals surface area (Å²) in [5.41, 5.74) is 2.07. The van der Waals surface area contributed by atoms with Crippen LogP contribution in [0.2, 0.25) is 0 Å². The van der Waals surface area contributed by atoms with E-state index in [1.165, 1.54) is 5.56 Å². The zero-order valence-corrected chi connectivity index (χ0v) is 19.2. The number of nitrogens with zero attached hydrogens (tertiary/aromatic N) is 3. The number of rotatable bonds is 2. The average Bonchev–Trinajstić information content (AvgIpc) is 3.19. The summed E-state index contributed by atoms with van der Waals surface area (Å²) in [6.45, 7) is 6.66. The number of carbonyl (C=O) groups excluding carboxylic acids is 2. The fourth-order valence-corrected chi connectivity index (χ4v) is 5.01. The monoisotopic (exact) mass is 438 g/mol. The van der Waals surface area contributed by atoms with Crippen LogP contribution in [-0.4, -0.2) is 52.7 Å². The molecule has 32 heavy (non-hydrogen) atoms. The predicted molar refractivity (Wildman–Crippen MR) is 123 cm³/mol. The van der Waals surface area contributed by atoms with Crippen LogP contribution in [0.1, 0.15) is 60.6 Å². The summed E-state index contributed by atoms with van der Waals surface area (Å²) in [5, 5.41) is 7.53. The molecule has 0 bridgehead atoms. The lowest BCUT2D eigenvalue weighted by Gasteiger charge is -2.42. The van der Waals surface area contributed by atoms with Gasteiger partial charge < -0.3 is 15.0 Å². The number of hydrogen-bond donors (Lipinski definition) is 1. The zero-order valence-electron chi connectivity index (χ0n) is 19.2. The van der Waals surface area contributed by atoms with Crippen molar-refractivity contribution in [2.45, 2.75) is 58.9 Å². The van der Waals surface area contributed by atoms with Crippen molar-refractivity contribution in [2.24, 2.45) is 5.41 Å². The molecule has 1 aromatic carbocycles. The lowest BCUT2D eigenvalue weighted by Crippen LogP contribution is -2.54. The topological polar surface area (TPSA) is 76.5 Å². The second kappa shape index (κ2) is 9.76. The van der Waals surface area contributed by atoms with Gasteiger partial charge in [-0.25, -0.2) is 0 Å². The summed E-state index contributed by atoms with van der Waals surface area (Å²) in [4.78, 5) is 28.5. The molecule has 7 heteroatoms. The van der Waals surface area contributed by atoms with Crippen LogP contribution in [0, 0.1) is 12.3 Å². The summed E-state index contributed by atoms with van der Waals surface area (Å²) in [6.07, 6.45) is 7.13. The maximum absolute atomic E-state index is 13.4. The van der Waals surface area contributed by atoms with E-state index in [4.69, 9.17) is 4.74 Å². The van der Waals surface area contributed by atoms with Gasteiger partial charge in [0.1, 0.15) is 12.4 Å². The first-order valence-electron chi connectivity index (χ1n) is 11.8. The Morgan fingerprint density at radius 1 is 1.22 bits per heavy atom. The van der Waals surface area contributed by atoms with Crippen molar-refractivity contribution in [3.63, 3.8) is 0 Å². The highest BCUT2D eigenvalue weighted by Gasteiger charge is 2.43. The molecule has 172 valence electrons. The maximum atomic E-state index is 13.4. The van der Waals surface area contributed by atoms with Crippen molar-refractivity contribution in [1.82, 2.24) is 20.0 Å². The van der Waals surface area contributed by atoms with E-state index in [1.54, 1.807) is 4.68 Å². The highest BCUT2D eigenvalue weighted by atomic mass is 16.5. The summed E-state index contributed by atoms with van der Waals surface area (Å²) in [7, 11) is 0. The molecule has 3 heterocycles. The lowest BCUT2D eigenvalue weighted by molar-refractivity contribution is -0.134. The first-order chi connectivity index (χ1) is 15.5. The Kier molecular flexibility index (Phi) is 6.82. The Morgan fingerprint density at radius 2 is 2.03 bits per heavy atom. The van der Waals surface area contributed by atoms with Crippen LogP contribution in [0.5, 0.6) is 5.75 Å². The third-order valence-corrected chi connectivity index (χ3v) is 6.82. The molecule has 1 unspecified atom stereocenters. The van der Waals surface area contributed by atoms with Crippen LogP contribution in [-0.2, 0) is 17.8 Å². The number of aromatic nitrogens is 2. The standard InChI is InChI=1S/C25H34N4O3/c1-3-29-17-21(19(2)27-29)23(30)28-15-8-13-25(18-28)12-7-6-10-20-9-4-5-11-22(20)32-16-14-26-24(25)31/h4-5,9,11,17H,3,6-8,10,12-16,18H2,1-2H3,(H,26,31). The number of ether oxygens (including phenoxy) is 1. The molecule has 1 N–H and O–H groups in total. The van der Waals surface area contributed by atoms with Crippen LogP contribution in [0.25, 0.3) is 0 Å². The smallest absolute Gasteiger partial charge is 0.257 e. The number of aryl methyl sites for hydroxylation is 3. The van der Waals surface area contributed by atoms with Gasteiger partial charge in [-0.05, 0) is 57.6 Å². The largest absolute Gasteiger partial charge is 0.491 e. The fourth-order valence-electron chi connectivity index (χ4n) is 5.01. The Hall–Kier alpha value is -2.83. The fraction of sp³-hybridized carbons (Fsp3) is 0.560. The number of fused-ring (bicyclic) bond motifs is 1. The Morgan fingerprint density at radius 3 is 2.84 bits per heavy atom. The molecule has 1 saturated heterocycles. The Labute approximate surface area is 190 Å². The minimum absolute atomic E-state index is 0.0162. The minimum Gasteiger partial charge on any atom is -0.491 e. The predicted octanol–water partition coefficient (Wildman–Crippen LogP) is 3.36. The molecule has 1 atom stereocenters. The van der Waals surface area contributed by atoms with Crippen molar-refractivity contribution < 1.29 is 14.3 Å². The van der Waals surface area contributed by atoms with E-state index >= 15 is 0 Å². The van der Waals surface area contributed by atoms with Crippen molar-refractivity contribution in [3.05, 3.63) is 47.3 Å². The van der Waals surface area contributed by atoms with Crippen molar-refractivity contribution in [1.29, 1.82) is 0 Å². The number of para-hydroxylation sites is 1.